The smallest absolute Gasteiger partial charge is 0.274 e. The summed E-state index contributed by atoms with van der Waals surface area (Å²) in [6.45, 7) is 7.60. The van der Waals surface area contributed by atoms with Gasteiger partial charge in [-0.3, -0.25) is 14.5 Å². The van der Waals surface area contributed by atoms with E-state index in [1.807, 2.05) is 0 Å². The minimum Gasteiger partial charge on any atom is -0.351 e. The molecule has 1 N–H and O–H groups in total. The Labute approximate surface area is 197 Å². The van der Waals surface area contributed by atoms with E-state index in [1.54, 1.807) is 0 Å². The summed E-state index contributed by atoms with van der Waals surface area (Å²) in [4.78, 5) is 34.2. The average molecular weight is 467 g/mol. The molecule has 4 heterocycles. The van der Waals surface area contributed by atoms with Crippen LogP contribution in [0.5, 0.6) is 0 Å². The number of fused-ring (bicyclic) bond motifs is 2. The van der Waals surface area contributed by atoms with E-state index in [2.05, 4.69) is 56.4 Å². The van der Waals surface area contributed by atoms with Crippen LogP contribution in [0.3, 0.4) is 0 Å². The van der Waals surface area contributed by atoms with Gasteiger partial charge in [0.25, 0.3) is 11.5 Å². The number of hydrogen-bond donors (Lipinski definition) is 1. The van der Waals surface area contributed by atoms with Crippen molar-refractivity contribution in [3.05, 3.63) is 57.5 Å². The van der Waals surface area contributed by atoms with Gasteiger partial charge in [-0.25, -0.2) is 0 Å². The fourth-order valence-corrected chi connectivity index (χ4v) is 5.74. The molecule has 2 aromatic heterocycles. The monoisotopic (exact) mass is 466 g/mol. The Kier molecular flexibility index (Phi) is 6.41. The Morgan fingerprint density at radius 2 is 2.09 bits per heavy atom. The summed E-state index contributed by atoms with van der Waals surface area (Å²) in [6.07, 6.45) is 4.26. The number of carbonyl (C=O) groups excluding carboxylic acids is 1. The zero-order valence-electron chi connectivity index (χ0n) is 19.0. The molecule has 1 atom stereocenters. The van der Waals surface area contributed by atoms with Gasteiger partial charge in [0.2, 0.25) is 10.1 Å². The van der Waals surface area contributed by atoms with Gasteiger partial charge in [-0.15, -0.1) is 5.10 Å². The molecule has 2 aliphatic rings. The van der Waals surface area contributed by atoms with Crippen molar-refractivity contribution in [2.75, 3.05) is 37.6 Å². The summed E-state index contributed by atoms with van der Waals surface area (Å²) in [7, 11) is 0. The predicted octanol–water partition coefficient (Wildman–Crippen LogP) is 2.57. The molecule has 174 valence electrons. The van der Waals surface area contributed by atoms with Gasteiger partial charge in [-0.05, 0) is 42.7 Å². The third kappa shape index (κ3) is 4.94. The van der Waals surface area contributed by atoms with Gasteiger partial charge in [-0.1, -0.05) is 42.5 Å². The summed E-state index contributed by atoms with van der Waals surface area (Å²) in [5.41, 5.74) is 2.68. The molecule has 1 aromatic carbocycles. The lowest BCUT2D eigenvalue weighted by molar-refractivity contribution is 0.0943. The number of carbonyl (C=O) groups is 1. The van der Waals surface area contributed by atoms with Crippen LogP contribution in [0.1, 0.15) is 47.8 Å². The lowest BCUT2D eigenvalue weighted by Gasteiger charge is -2.30. The first-order chi connectivity index (χ1) is 16.1. The Balaban J connectivity index is 1.21. The lowest BCUT2D eigenvalue weighted by atomic mass is 10.00. The molecule has 33 heavy (non-hydrogen) atoms. The SMILES string of the molecule is C[C@H]1CCCN(c2nn3c(C(=O)NCCCN4CCc5ccccc5C4)cc(=O)nc3s2)C1. The van der Waals surface area contributed by atoms with Gasteiger partial charge in [0, 0.05) is 45.3 Å². The Bertz CT molecular complexity index is 1210. The van der Waals surface area contributed by atoms with Gasteiger partial charge in [0.15, 0.2) is 0 Å². The van der Waals surface area contributed by atoms with E-state index < -0.39 is 5.56 Å². The van der Waals surface area contributed by atoms with E-state index in [4.69, 9.17) is 0 Å². The van der Waals surface area contributed by atoms with Crippen LogP contribution in [-0.4, -0.2) is 58.1 Å². The fourth-order valence-electron chi connectivity index (χ4n) is 4.80. The number of piperidine rings is 1. The molecule has 0 bridgehead atoms. The molecule has 8 nitrogen and oxygen atoms in total. The summed E-state index contributed by atoms with van der Waals surface area (Å²) in [5.74, 6) is 0.326. The van der Waals surface area contributed by atoms with Gasteiger partial charge in [-0.2, -0.15) is 9.50 Å². The van der Waals surface area contributed by atoms with Crippen LogP contribution in [0, 0.1) is 5.92 Å². The lowest BCUT2D eigenvalue weighted by Crippen LogP contribution is -2.35. The molecule has 0 radical (unpaired) electrons. The van der Waals surface area contributed by atoms with Crippen molar-refractivity contribution in [3.63, 3.8) is 0 Å². The maximum Gasteiger partial charge on any atom is 0.274 e. The Morgan fingerprint density at radius 3 is 2.94 bits per heavy atom. The van der Waals surface area contributed by atoms with Gasteiger partial charge >= 0.3 is 0 Å². The van der Waals surface area contributed by atoms with Gasteiger partial charge in [0.05, 0.1) is 0 Å². The molecule has 2 aliphatic heterocycles. The minimum absolute atomic E-state index is 0.254. The van der Waals surface area contributed by atoms with Crippen molar-refractivity contribution < 1.29 is 4.79 Å². The summed E-state index contributed by atoms with van der Waals surface area (Å²) < 4.78 is 1.53. The van der Waals surface area contributed by atoms with Crippen LogP contribution in [0.4, 0.5) is 5.13 Å². The third-order valence-corrected chi connectivity index (χ3v) is 7.52. The first-order valence-electron chi connectivity index (χ1n) is 11.8. The molecule has 0 spiro atoms. The number of amides is 1. The highest BCUT2D eigenvalue weighted by Gasteiger charge is 2.22. The number of benzene rings is 1. The number of anilines is 1. The summed E-state index contributed by atoms with van der Waals surface area (Å²) in [5, 5.41) is 8.44. The van der Waals surface area contributed by atoms with Crippen LogP contribution >= 0.6 is 11.3 Å². The second kappa shape index (κ2) is 9.61. The van der Waals surface area contributed by atoms with Crippen LogP contribution in [0.15, 0.2) is 35.1 Å². The highest BCUT2D eigenvalue weighted by molar-refractivity contribution is 7.20. The number of hydrogen-bond acceptors (Lipinski definition) is 7. The highest BCUT2D eigenvalue weighted by Crippen LogP contribution is 2.27. The van der Waals surface area contributed by atoms with Crippen LogP contribution in [0.2, 0.25) is 0 Å². The maximum absolute atomic E-state index is 12.9. The van der Waals surface area contributed by atoms with Crippen LogP contribution in [0.25, 0.3) is 4.96 Å². The second-order valence-corrected chi connectivity index (χ2v) is 10.1. The molecule has 0 saturated carbocycles. The Morgan fingerprint density at radius 1 is 1.24 bits per heavy atom. The summed E-state index contributed by atoms with van der Waals surface area (Å²) in [6, 6.07) is 9.88. The molecule has 9 heteroatoms. The van der Waals surface area contributed by atoms with Gasteiger partial charge in [0.1, 0.15) is 5.69 Å². The zero-order chi connectivity index (χ0) is 22.8. The molecule has 5 rings (SSSR count). The maximum atomic E-state index is 12.9. The first kappa shape index (κ1) is 22.0. The number of rotatable bonds is 6. The van der Waals surface area contributed by atoms with E-state index in [-0.39, 0.29) is 11.6 Å². The standard InChI is InChI=1S/C24H30N6O2S/c1-17-6-4-12-29(15-17)24-27-30-20(14-21(31)26-23(30)33-24)22(32)25-10-5-11-28-13-9-18-7-2-3-8-19(18)16-28/h2-3,7-8,14,17H,4-6,9-13,15-16H2,1H3,(H,25,32)/t17-/m0/s1. The van der Waals surface area contributed by atoms with Crippen molar-refractivity contribution in [1.29, 1.82) is 0 Å². The van der Waals surface area contributed by atoms with Crippen molar-refractivity contribution in [2.24, 2.45) is 5.92 Å². The number of aromatic nitrogens is 3. The fraction of sp³-hybridized carbons (Fsp3) is 0.500. The molecular weight excluding hydrogens is 436 g/mol. The van der Waals surface area contributed by atoms with Crippen LogP contribution in [-0.2, 0) is 13.0 Å². The second-order valence-electron chi connectivity index (χ2n) is 9.16. The average Bonchev–Trinajstić information content (AvgIpc) is 3.25. The predicted molar refractivity (Wildman–Crippen MR) is 130 cm³/mol. The van der Waals surface area contributed by atoms with Crippen molar-refractivity contribution in [1.82, 2.24) is 24.8 Å². The third-order valence-electron chi connectivity index (χ3n) is 6.55. The quantitative estimate of drug-likeness (QED) is 0.563. The van der Waals surface area contributed by atoms with Crippen molar-refractivity contribution >= 4 is 27.3 Å². The minimum atomic E-state index is -0.408. The van der Waals surface area contributed by atoms with E-state index in [0.29, 0.717) is 17.4 Å². The molecule has 0 aliphatic carbocycles. The summed E-state index contributed by atoms with van der Waals surface area (Å²) >= 11 is 1.37. The molecule has 0 unspecified atom stereocenters. The molecule has 1 fully saturated rings. The van der Waals surface area contributed by atoms with E-state index >= 15 is 0 Å². The van der Waals surface area contributed by atoms with Crippen molar-refractivity contribution in [3.8, 4) is 0 Å². The van der Waals surface area contributed by atoms with Crippen molar-refractivity contribution in [2.45, 2.75) is 39.2 Å². The largest absolute Gasteiger partial charge is 0.351 e. The molecule has 1 amide bonds. The number of nitrogens with zero attached hydrogens (tertiary/aromatic N) is 5. The van der Waals surface area contributed by atoms with Gasteiger partial charge < -0.3 is 10.2 Å². The first-order valence-corrected chi connectivity index (χ1v) is 12.6. The Hall–Kier alpha value is -2.78. The number of nitrogens with one attached hydrogen (secondary N) is 1. The van der Waals surface area contributed by atoms with Crippen LogP contribution < -0.4 is 15.8 Å². The molecular formula is C24H30N6O2S. The topological polar surface area (TPSA) is 82.8 Å². The highest BCUT2D eigenvalue weighted by atomic mass is 32.1. The van der Waals surface area contributed by atoms with E-state index in [9.17, 15) is 9.59 Å². The molecule has 3 aromatic rings. The van der Waals surface area contributed by atoms with E-state index in [1.165, 1.54) is 39.5 Å². The zero-order valence-corrected chi connectivity index (χ0v) is 19.8. The molecule has 1 saturated heterocycles. The normalized spacial score (nSPS) is 18.9. The van der Waals surface area contributed by atoms with E-state index in [0.717, 1.165) is 57.1 Å².